The molecule has 0 saturated carbocycles. The minimum absolute atomic E-state index is 0.112. The number of nitrogens with one attached hydrogen (secondary N) is 1. The maximum absolute atomic E-state index is 11.2. The molecule has 0 aromatic carbocycles. The van der Waals surface area contributed by atoms with Gasteiger partial charge in [-0.1, -0.05) is 0 Å². The van der Waals surface area contributed by atoms with E-state index in [0.717, 1.165) is 0 Å². The van der Waals surface area contributed by atoms with E-state index in [9.17, 15) is 8.42 Å². The molecule has 1 saturated heterocycles. The zero-order chi connectivity index (χ0) is 10.9. The summed E-state index contributed by atoms with van der Waals surface area (Å²) in [7, 11) is -2.91. The van der Waals surface area contributed by atoms with Crippen LogP contribution in [0.4, 0.5) is 0 Å². The second-order valence-corrected chi connectivity index (χ2v) is 5.80. The highest BCUT2D eigenvalue weighted by molar-refractivity contribution is 7.91. The van der Waals surface area contributed by atoms with Crippen LogP contribution >= 0.6 is 0 Å². The van der Waals surface area contributed by atoms with E-state index in [2.05, 4.69) is 15.2 Å². The van der Waals surface area contributed by atoms with Gasteiger partial charge < -0.3 is 0 Å². The summed E-state index contributed by atoms with van der Waals surface area (Å²) in [5.74, 6) is 1.23. The van der Waals surface area contributed by atoms with E-state index in [-0.39, 0.29) is 23.8 Å². The topological polar surface area (TPSA) is 99.5 Å². The van der Waals surface area contributed by atoms with Crippen LogP contribution in [-0.2, 0) is 16.3 Å². The van der Waals surface area contributed by atoms with Gasteiger partial charge >= 0.3 is 0 Å². The SMILES string of the molecule is N#CCc1nc(C2CCS(=O)(=O)C2)n[nH]1. The molecule has 1 aromatic rings. The molecular weight excluding hydrogens is 216 g/mol. The highest BCUT2D eigenvalue weighted by atomic mass is 32.2. The fraction of sp³-hybridized carbons (Fsp3) is 0.625. The summed E-state index contributed by atoms with van der Waals surface area (Å²) in [6, 6.07) is 1.95. The van der Waals surface area contributed by atoms with Crippen LogP contribution in [0.1, 0.15) is 24.0 Å². The van der Waals surface area contributed by atoms with Crippen LogP contribution in [0.25, 0.3) is 0 Å². The Labute approximate surface area is 87.3 Å². The van der Waals surface area contributed by atoms with Gasteiger partial charge in [0.15, 0.2) is 15.7 Å². The van der Waals surface area contributed by atoms with Crippen LogP contribution in [0.2, 0.25) is 0 Å². The number of sulfone groups is 1. The van der Waals surface area contributed by atoms with Gasteiger partial charge in [-0.05, 0) is 6.42 Å². The van der Waals surface area contributed by atoms with Gasteiger partial charge in [-0.15, -0.1) is 0 Å². The van der Waals surface area contributed by atoms with Gasteiger partial charge in [0.2, 0.25) is 0 Å². The lowest BCUT2D eigenvalue weighted by Gasteiger charge is -1.98. The molecule has 0 radical (unpaired) electrons. The number of hydrogen-bond donors (Lipinski definition) is 1. The fourth-order valence-electron chi connectivity index (χ4n) is 1.65. The van der Waals surface area contributed by atoms with Crippen molar-refractivity contribution < 1.29 is 8.42 Å². The Bertz CT molecular complexity index is 499. The second kappa shape index (κ2) is 3.62. The van der Waals surface area contributed by atoms with Gasteiger partial charge in [0.05, 0.1) is 24.0 Å². The normalized spacial score (nSPS) is 23.8. The monoisotopic (exact) mass is 226 g/mol. The van der Waals surface area contributed by atoms with E-state index in [1.165, 1.54) is 0 Å². The standard InChI is InChI=1S/C8H10N4O2S/c9-3-1-7-10-8(12-11-7)6-2-4-15(13,14)5-6/h6H,1-2,4-5H2,(H,10,11,12). The van der Waals surface area contributed by atoms with Gasteiger partial charge in [-0.3, -0.25) is 5.10 Å². The summed E-state index contributed by atoms with van der Waals surface area (Å²) in [5.41, 5.74) is 0. The number of H-pyrrole nitrogens is 1. The first kappa shape index (κ1) is 10.1. The Balaban J connectivity index is 2.15. The second-order valence-electron chi connectivity index (χ2n) is 3.58. The van der Waals surface area contributed by atoms with Gasteiger partial charge in [0, 0.05) is 5.92 Å². The smallest absolute Gasteiger partial charge is 0.154 e. The third kappa shape index (κ3) is 2.15. The molecule has 0 aliphatic carbocycles. The molecule has 0 spiro atoms. The third-order valence-corrected chi connectivity index (χ3v) is 4.16. The summed E-state index contributed by atoms with van der Waals surface area (Å²) in [6.07, 6.45) is 0.749. The van der Waals surface area contributed by atoms with Crippen molar-refractivity contribution in [2.24, 2.45) is 0 Å². The zero-order valence-corrected chi connectivity index (χ0v) is 8.79. The van der Waals surface area contributed by atoms with Crippen LogP contribution in [0.15, 0.2) is 0 Å². The molecule has 2 rings (SSSR count). The van der Waals surface area contributed by atoms with Crippen LogP contribution < -0.4 is 0 Å². The molecule has 1 aliphatic rings. The van der Waals surface area contributed by atoms with E-state index in [0.29, 0.717) is 18.1 Å². The predicted octanol–water partition coefficient (Wildman–Crippen LogP) is -0.227. The van der Waals surface area contributed by atoms with E-state index < -0.39 is 9.84 Å². The average Bonchev–Trinajstić information content (AvgIpc) is 2.73. The van der Waals surface area contributed by atoms with Crippen LogP contribution in [-0.4, -0.2) is 35.1 Å². The number of rotatable bonds is 2. The van der Waals surface area contributed by atoms with Crippen LogP contribution in [0, 0.1) is 11.3 Å². The molecule has 1 aliphatic heterocycles. The number of nitrogens with zero attached hydrogens (tertiary/aromatic N) is 3. The molecule has 0 bridgehead atoms. The van der Waals surface area contributed by atoms with E-state index in [4.69, 9.17) is 5.26 Å². The molecule has 1 atom stereocenters. The zero-order valence-electron chi connectivity index (χ0n) is 7.97. The van der Waals surface area contributed by atoms with Crippen molar-refractivity contribution in [1.29, 1.82) is 5.26 Å². The highest BCUT2D eigenvalue weighted by Crippen LogP contribution is 2.26. The first-order chi connectivity index (χ1) is 7.11. The molecule has 2 heterocycles. The molecule has 1 unspecified atom stereocenters. The van der Waals surface area contributed by atoms with Crippen molar-refractivity contribution in [1.82, 2.24) is 15.2 Å². The third-order valence-electron chi connectivity index (χ3n) is 2.39. The molecule has 7 heteroatoms. The van der Waals surface area contributed by atoms with Crippen LogP contribution in [0.3, 0.4) is 0 Å². The Morgan fingerprint density at radius 3 is 3.00 bits per heavy atom. The van der Waals surface area contributed by atoms with Crippen molar-refractivity contribution in [3.8, 4) is 6.07 Å². The Morgan fingerprint density at radius 2 is 2.40 bits per heavy atom. The molecule has 1 N–H and O–H groups in total. The minimum atomic E-state index is -2.91. The lowest BCUT2D eigenvalue weighted by atomic mass is 10.1. The number of hydrogen-bond acceptors (Lipinski definition) is 5. The Kier molecular flexibility index (Phi) is 2.44. The first-order valence-corrected chi connectivity index (χ1v) is 6.41. The summed E-state index contributed by atoms with van der Waals surface area (Å²) in [6.45, 7) is 0. The predicted molar refractivity (Wildman–Crippen MR) is 51.7 cm³/mol. The maximum atomic E-state index is 11.2. The molecule has 1 fully saturated rings. The number of aromatic nitrogens is 3. The number of nitriles is 1. The number of aromatic amines is 1. The van der Waals surface area contributed by atoms with Crippen molar-refractivity contribution in [3.05, 3.63) is 11.6 Å². The quantitative estimate of drug-likeness (QED) is 0.751. The van der Waals surface area contributed by atoms with Crippen molar-refractivity contribution in [2.45, 2.75) is 18.8 Å². The summed E-state index contributed by atoms with van der Waals surface area (Å²) in [5, 5.41) is 15.0. The molecule has 6 nitrogen and oxygen atoms in total. The Hall–Kier alpha value is -1.42. The highest BCUT2D eigenvalue weighted by Gasteiger charge is 2.31. The summed E-state index contributed by atoms with van der Waals surface area (Å²) >= 11 is 0. The summed E-state index contributed by atoms with van der Waals surface area (Å²) < 4.78 is 22.5. The van der Waals surface area contributed by atoms with Crippen molar-refractivity contribution >= 4 is 9.84 Å². The van der Waals surface area contributed by atoms with Gasteiger partial charge in [-0.2, -0.15) is 10.4 Å². The van der Waals surface area contributed by atoms with Gasteiger partial charge in [0.25, 0.3) is 0 Å². The van der Waals surface area contributed by atoms with E-state index >= 15 is 0 Å². The molecule has 15 heavy (non-hydrogen) atoms. The van der Waals surface area contributed by atoms with Gasteiger partial charge in [-0.25, -0.2) is 13.4 Å². The van der Waals surface area contributed by atoms with E-state index in [1.807, 2.05) is 6.07 Å². The molecular formula is C8H10N4O2S. The first-order valence-electron chi connectivity index (χ1n) is 4.59. The molecule has 0 amide bonds. The van der Waals surface area contributed by atoms with E-state index in [1.54, 1.807) is 0 Å². The van der Waals surface area contributed by atoms with Crippen LogP contribution in [0.5, 0.6) is 0 Å². The molecule has 1 aromatic heterocycles. The largest absolute Gasteiger partial charge is 0.262 e. The van der Waals surface area contributed by atoms with Crippen molar-refractivity contribution in [2.75, 3.05) is 11.5 Å². The van der Waals surface area contributed by atoms with Crippen molar-refractivity contribution in [3.63, 3.8) is 0 Å². The Morgan fingerprint density at radius 1 is 1.60 bits per heavy atom. The maximum Gasteiger partial charge on any atom is 0.154 e. The average molecular weight is 226 g/mol. The minimum Gasteiger partial charge on any atom is -0.262 e. The lowest BCUT2D eigenvalue weighted by molar-refractivity contribution is 0.601. The lowest BCUT2D eigenvalue weighted by Crippen LogP contribution is -2.05. The summed E-state index contributed by atoms with van der Waals surface area (Å²) in [4.78, 5) is 4.09. The molecule has 80 valence electrons. The fourth-order valence-corrected chi connectivity index (χ4v) is 3.38. The van der Waals surface area contributed by atoms with Gasteiger partial charge in [0.1, 0.15) is 5.82 Å².